The maximum absolute atomic E-state index is 3.59. The predicted octanol–water partition coefficient (Wildman–Crippen LogP) is 2.97. The van der Waals surface area contributed by atoms with E-state index in [1.165, 1.54) is 42.4 Å². The minimum Gasteiger partial charge on any atom is -0.317 e. The van der Waals surface area contributed by atoms with E-state index in [2.05, 4.69) is 50.8 Å². The summed E-state index contributed by atoms with van der Waals surface area (Å²) in [5.74, 6) is 0.933. The summed E-state index contributed by atoms with van der Waals surface area (Å²) in [4.78, 5) is 0. The third-order valence-corrected chi connectivity index (χ3v) is 4.49. The molecule has 0 saturated carbocycles. The van der Waals surface area contributed by atoms with Crippen LogP contribution in [0.2, 0.25) is 0 Å². The number of piperidine rings is 1. The van der Waals surface area contributed by atoms with Crippen molar-refractivity contribution in [2.24, 2.45) is 5.92 Å². The van der Waals surface area contributed by atoms with Gasteiger partial charge in [-0.1, -0.05) is 34.1 Å². The van der Waals surface area contributed by atoms with E-state index in [1.54, 1.807) is 0 Å². The first-order chi connectivity index (χ1) is 8.86. The first-order valence-electron chi connectivity index (χ1n) is 7.01. The molecule has 3 heteroatoms. The number of halogens is 1. The van der Waals surface area contributed by atoms with Crippen LogP contribution in [0.1, 0.15) is 24.8 Å². The molecule has 1 aromatic carbocycles. The van der Waals surface area contributed by atoms with Crippen LogP contribution >= 0.6 is 15.9 Å². The van der Waals surface area contributed by atoms with Gasteiger partial charge in [0.25, 0.3) is 0 Å². The Labute approximate surface area is 119 Å². The van der Waals surface area contributed by atoms with E-state index in [1.807, 2.05) is 0 Å². The van der Waals surface area contributed by atoms with E-state index in [9.17, 15) is 0 Å². The van der Waals surface area contributed by atoms with Crippen LogP contribution in [0.4, 0.5) is 0 Å². The Kier molecular flexibility index (Phi) is 6.18. The van der Waals surface area contributed by atoms with Gasteiger partial charge in [-0.3, -0.25) is 0 Å². The molecular formula is C15H23BrN2. The van der Waals surface area contributed by atoms with Gasteiger partial charge in [0.05, 0.1) is 0 Å². The highest BCUT2D eigenvalue weighted by atomic mass is 79.9. The molecule has 18 heavy (non-hydrogen) atoms. The normalized spacial score (nSPS) is 16.9. The molecule has 0 spiro atoms. The first-order valence-corrected chi connectivity index (χ1v) is 7.80. The summed E-state index contributed by atoms with van der Waals surface area (Å²) in [6.45, 7) is 4.66. The second-order valence-corrected chi connectivity index (χ2v) is 5.93. The number of hydrogen-bond acceptors (Lipinski definition) is 2. The molecule has 2 N–H and O–H groups in total. The van der Waals surface area contributed by atoms with Gasteiger partial charge in [-0.2, -0.15) is 0 Å². The average molecular weight is 311 g/mol. The van der Waals surface area contributed by atoms with Gasteiger partial charge >= 0.3 is 0 Å². The number of benzene rings is 1. The highest BCUT2D eigenvalue weighted by molar-refractivity contribution is 9.10. The quantitative estimate of drug-likeness (QED) is 0.789. The molecule has 1 saturated heterocycles. The van der Waals surface area contributed by atoms with Crippen molar-refractivity contribution in [2.75, 3.05) is 26.2 Å². The molecule has 0 atom stereocenters. The summed E-state index contributed by atoms with van der Waals surface area (Å²) in [7, 11) is 0. The third kappa shape index (κ3) is 4.71. The van der Waals surface area contributed by atoms with Crippen LogP contribution in [-0.2, 0) is 6.42 Å². The van der Waals surface area contributed by atoms with Crippen LogP contribution in [0.5, 0.6) is 0 Å². The summed E-state index contributed by atoms with van der Waals surface area (Å²) in [6, 6.07) is 8.48. The van der Waals surface area contributed by atoms with Crippen molar-refractivity contribution < 1.29 is 0 Å². The van der Waals surface area contributed by atoms with Crippen LogP contribution in [0.3, 0.4) is 0 Å². The Morgan fingerprint density at radius 3 is 2.72 bits per heavy atom. The zero-order valence-electron chi connectivity index (χ0n) is 10.9. The molecule has 0 aromatic heterocycles. The molecule has 1 aliphatic heterocycles. The summed E-state index contributed by atoms with van der Waals surface area (Å²) in [5.41, 5.74) is 1.40. The van der Waals surface area contributed by atoms with E-state index >= 15 is 0 Å². The fourth-order valence-corrected chi connectivity index (χ4v) is 3.01. The third-order valence-electron chi connectivity index (χ3n) is 3.72. The molecule has 1 aromatic rings. The molecule has 2 nitrogen and oxygen atoms in total. The number of hydrogen-bond donors (Lipinski definition) is 2. The van der Waals surface area contributed by atoms with E-state index < -0.39 is 0 Å². The molecule has 1 aliphatic rings. The standard InChI is InChI=1S/C15H23BrN2/c16-15-4-2-1-3-14(15)8-12-18-11-7-13-5-9-17-10-6-13/h1-4,13,17-18H,5-12H2. The Morgan fingerprint density at radius 2 is 1.94 bits per heavy atom. The molecule has 0 bridgehead atoms. The van der Waals surface area contributed by atoms with Gasteiger partial charge in [0.15, 0.2) is 0 Å². The highest BCUT2D eigenvalue weighted by Gasteiger charge is 2.11. The first kappa shape index (κ1) is 14.0. The monoisotopic (exact) mass is 310 g/mol. The second kappa shape index (κ2) is 7.93. The van der Waals surface area contributed by atoms with Gasteiger partial charge in [-0.05, 0) is 69.4 Å². The van der Waals surface area contributed by atoms with Crippen LogP contribution in [0.25, 0.3) is 0 Å². The molecular weight excluding hydrogens is 288 g/mol. The predicted molar refractivity (Wildman–Crippen MR) is 80.9 cm³/mol. The van der Waals surface area contributed by atoms with Crippen molar-refractivity contribution >= 4 is 15.9 Å². The molecule has 0 amide bonds. The number of nitrogens with one attached hydrogen (secondary N) is 2. The summed E-state index contributed by atoms with van der Waals surface area (Å²) >= 11 is 3.59. The van der Waals surface area contributed by atoms with Crippen molar-refractivity contribution in [3.05, 3.63) is 34.3 Å². The lowest BCUT2D eigenvalue weighted by Crippen LogP contribution is -2.30. The van der Waals surface area contributed by atoms with Gasteiger partial charge in [0.1, 0.15) is 0 Å². The zero-order valence-corrected chi connectivity index (χ0v) is 12.5. The smallest absolute Gasteiger partial charge is 0.0207 e. The molecule has 0 aliphatic carbocycles. The molecule has 2 rings (SSSR count). The Hall–Kier alpha value is -0.380. The van der Waals surface area contributed by atoms with Crippen molar-refractivity contribution in [3.8, 4) is 0 Å². The van der Waals surface area contributed by atoms with Crippen LogP contribution < -0.4 is 10.6 Å². The number of rotatable bonds is 6. The largest absolute Gasteiger partial charge is 0.317 e. The van der Waals surface area contributed by atoms with Crippen LogP contribution in [-0.4, -0.2) is 26.2 Å². The molecule has 0 radical (unpaired) electrons. The lowest BCUT2D eigenvalue weighted by Gasteiger charge is -2.22. The average Bonchev–Trinajstić information content (AvgIpc) is 2.42. The minimum atomic E-state index is 0.933. The second-order valence-electron chi connectivity index (χ2n) is 5.07. The van der Waals surface area contributed by atoms with E-state index in [4.69, 9.17) is 0 Å². The molecule has 0 unspecified atom stereocenters. The maximum atomic E-state index is 3.59. The van der Waals surface area contributed by atoms with Crippen LogP contribution in [0, 0.1) is 5.92 Å². The van der Waals surface area contributed by atoms with Gasteiger partial charge < -0.3 is 10.6 Å². The summed E-state index contributed by atoms with van der Waals surface area (Å²) in [6.07, 6.45) is 5.14. The van der Waals surface area contributed by atoms with Crippen LogP contribution in [0.15, 0.2) is 28.7 Å². The topological polar surface area (TPSA) is 24.1 Å². The maximum Gasteiger partial charge on any atom is 0.0207 e. The fourth-order valence-electron chi connectivity index (χ4n) is 2.53. The molecule has 1 fully saturated rings. The van der Waals surface area contributed by atoms with Crippen molar-refractivity contribution in [3.63, 3.8) is 0 Å². The van der Waals surface area contributed by atoms with Gasteiger partial charge in [0.2, 0.25) is 0 Å². The van der Waals surface area contributed by atoms with Gasteiger partial charge in [-0.15, -0.1) is 0 Å². The Morgan fingerprint density at radius 1 is 1.17 bits per heavy atom. The molecule has 1 heterocycles. The van der Waals surface area contributed by atoms with Crippen molar-refractivity contribution in [1.82, 2.24) is 10.6 Å². The lowest BCUT2D eigenvalue weighted by atomic mass is 9.95. The fraction of sp³-hybridized carbons (Fsp3) is 0.600. The SMILES string of the molecule is Brc1ccccc1CCNCCC1CCNCC1. The summed E-state index contributed by atoms with van der Waals surface area (Å²) in [5, 5.41) is 6.99. The highest BCUT2D eigenvalue weighted by Crippen LogP contribution is 2.16. The lowest BCUT2D eigenvalue weighted by molar-refractivity contribution is 0.349. The van der Waals surface area contributed by atoms with E-state index in [-0.39, 0.29) is 0 Å². The van der Waals surface area contributed by atoms with Crippen molar-refractivity contribution in [2.45, 2.75) is 25.7 Å². The van der Waals surface area contributed by atoms with Gasteiger partial charge in [0, 0.05) is 4.47 Å². The van der Waals surface area contributed by atoms with E-state index in [0.29, 0.717) is 0 Å². The minimum absolute atomic E-state index is 0.933. The Balaban J connectivity index is 1.57. The summed E-state index contributed by atoms with van der Waals surface area (Å²) < 4.78 is 1.23. The van der Waals surface area contributed by atoms with Gasteiger partial charge in [-0.25, -0.2) is 0 Å². The molecule has 100 valence electrons. The van der Waals surface area contributed by atoms with Crippen molar-refractivity contribution in [1.29, 1.82) is 0 Å². The Bertz CT molecular complexity index is 348. The zero-order chi connectivity index (χ0) is 12.6. The van der Waals surface area contributed by atoms with E-state index in [0.717, 1.165) is 25.4 Å².